The molecule has 0 saturated heterocycles. The zero-order valence-corrected chi connectivity index (χ0v) is 10.8. The van der Waals surface area contributed by atoms with Crippen LogP contribution in [0.25, 0.3) is 22.2 Å². The SMILES string of the molecule is O=C(Cn1c(-c2ccccc2)cc2ccccc21)NO. The van der Waals surface area contributed by atoms with Crippen molar-refractivity contribution in [3.8, 4) is 11.3 Å². The van der Waals surface area contributed by atoms with E-state index in [-0.39, 0.29) is 6.54 Å². The molecule has 1 aromatic heterocycles. The lowest BCUT2D eigenvalue weighted by atomic mass is 10.1. The first-order chi connectivity index (χ1) is 9.79. The Morgan fingerprint density at radius 2 is 1.75 bits per heavy atom. The maximum atomic E-state index is 11.5. The van der Waals surface area contributed by atoms with Crippen LogP contribution in [0.15, 0.2) is 60.7 Å². The van der Waals surface area contributed by atoms with Gasteiger partial charge in [-0.3, -0.25) is 10.0 Å². The number of nitrogens with zero attached hydrogens (tertiary/aromatic N) is 1. The third kappa shape index (κ3) is 2.17. The molecule has 2 N–H and O–H groups in total. The van der Waals surface area contributed by atoms with Crippen molar-refractivity contribution in [2.75, 3.05) is 0 Å². The summed E-state index contributed by atoms with van der Waals surface area (Å²) in [7, 11) is 0. The van der Waals surface area contributed by atoms with Crippen molar-refractivity contribution in [3.63, 3.8) is 0 Å². The zero-order valence-electron chi connectivity index (χ0n) is 10.8. The van der Waals surface area contributed by atoms with Crippen LogP contribution in [0, 0.1) is 0 Å². The van der Waals surface area contributed by atoms with E-state index < -0.39 is 5.91 Å². The highest BCUT2D eigenvalue weighted by atomic mass is 16.5. The fourth-order valence-electron chi connectivity index (χ4n) is 2.41. The number of hydroxylamine groups is 1. The molecule has 0 saturated carbocycles. The van der Waals surface area contributed by atoms with Gasteiger partial charge in [-0.25, -0.2) is 5.48 Å². The second kappa shape index (κ2) is 5.19. The average molecular weight is 266 g/mol. The van der Waals surface area contributed by atoms with E-state index >= 15 is 0 Å². The van der Waals surface area contributed by atoms with E-state index in [0.29, 0.717) is 0 Å². The molecule has 0 radical (unpaired) electrons. The Morgan fingerprint density at radius 3 is 2.50 bits per heavy atom. The van der Waals surface area contributed by atoms with Gasteiger partial charge in [0, 0.05) is 16.6 Å². The van der Waals surface area contributed by atoms with E-state index in [1.165, 1.54) is 0 Å². The van der Waals surface area contributed by atoms with E-state index in [1.54, 1.807) is 5.48 Å². The molecule has 0 unspecified atom stereocenters. The van der Waals surface area contributed by atoms with Crippen LogP contribution in [0.1, 0.15) is 0 Å². The Morgan fingerprint density at radius 1 is 1.05 bits per heavy atom. The van der Waals surface area contributed by atoms with E-state index in [1.807, 2.05) is 59.2 Å². The van der Waals surface area contributed by atoms with Crippen molar-refractivity contribution in [2.24, 2.45) is 0 Å². The number of hydrogen-bond acceptors (Lipinski definition) is 2. The van der Waals surface area contributed by atoms with Crippen molar-refractivity contribution < 1.29 is 10.0 Å². The number of benzene rings is 2. The van der Waals surface area contributed by atoms with Crippen LogP contribution in [0.5, 0.6) is 0 Å². The molecule has 100 valence electrons. The van der Waals surface area contributed by atoms with E-state index in [9.17, 15) is 4.79 Å². The summed E-state index contributed by atoms with van der Waals surface area (Å²) in [4.78, 5) is 11.5. The standard InChI is InChI=1S/C16H14N2O2/c19-16(17-20)11-18-14-9-5-4-8-13(14)10-15(18)12-6-2-1-3-7-12/h1-10,20H,11H2,(H,17,19). The van der Waals surface area contributed by atoms with Crippen LogP contribution in [0.4, 0.5) is 0 Å². The summed E-state index contributed by atoms with van der Waals surface area (Å²) in [5, 5.41) is 9.82. The first-order valence-corrected chi connectivity index (χ1v) is 6.36. The van der Waals surface area contributed by atoms with Crippen LogP contribution in [0.2, 0.25) is 0 Å². The van der Waals surface area contributed by atoms with Gasteiger partial charge in [0.2, 0.25) is 0 Å². The molecule has 0 aliphatic rings. The minimum atomic E-state index is -0.441. The van der Waals surface area contributed by atoms with Gasteiger partial charge >= 0.3 is 0 Å². The minimum Gasteiger partial charge on any atom is -0.331 e. The van der Waals surface area contributed by atoms with E-state index in [4.69, 9.17) is 5.21 Å². The number of amides is 1. The molecule has 1 amide bonds. The van der Waals surface area contributed by atoms with Crippen molar-refractivity contribution in [3.05, 3.63) is 60.7 Å². The fourth-order valence-corrected chi connectivity index (χ4v) is 2.41. The quantitative estimate of drug-likeness (QED) is 0.565. The first kappa shape index (κ1) is 12.4. The third-order valence-corrected chi connectivity index (χ3v) is 3.31. The van der Waals surface area contributed by atoms with Crippen LogP contribution in [0.3, 0.4) is 0 Å². The van der Waals surface area contributed by atoms with Gasteiger partial charge in [-0.15, -0.1) is 0 Å². The fraction of sp³-hybridized carbons (Fsp3) is 0.0625. The Kier molecular flexibility index (Phi) is 3.23. The minimum absolute atomic E-state index is 0.0776. The topological polar surface area (TPSA) is 54.3 Å². The lowest BCUT2D eigenvalue weighted by molar-refractivity contribution is -0.129. The number of rotatable bonds is 3. The largest absolute Gasteiger partial charge is 0.331 e. The van der Waals surface area contributed by atoms with E-state index in [2.05, 4.69) is 6.07 Å². The maximum absolute atomic E-state index is 11.5. The Hall–Kier alpha value is -2.59. The van der Waals surface area contributed by atoms with Crippen molar-refractivity contribution in [1.29, 1.82) is 0 Å². The normalized spacial score (nSPS) is 10.7. The molecule has 0 aliphatic heterocycles. The van der Waals surface area contributed by atoms with E-state index in [0.717, 1.165) is 22.2 Å². The molecule has 3 rings (SSSR count). The predicted octanol–water partition coefficient (Wildman–Crippen LogP) is 2.81. The second-order valence-electron chi connectivity index (χ2n) is 4.58. The van der Waals surface area contributed by atoms with Gasteiger partial charge in [-0.1, -0.05) is 48.5 Å². The molecule has 4 heteroatoms. The van der Waals surface area contributed by atoms with Crippen molar-refractivity contribution in [1.82, 2.24) is 10.0 Å². The van der Waals surface area contributed by atoms with Gasteiger partial charge in [0.05, 0.1) is 0 Å². The predicted molar refractivity (Wildman–Crippen MR) is 77.3 cm³/mol. The Labute approximate surface area is 116 Å². The highest BCUT2D eigenvalue weighted by Crippen LogP contribution is 2.27. The number of aromatic nitrogens is 1. The van der Waals surface area contributed by atoms with Gasteiger partial charge in [-0.2, -0.15) is 0 Å². The van der Waals surface area contributed by atoms with Gasteiger partial charge < -0.3 is 4.57 Å². The molecule has 0 spiro atoms. The monoisotopic (exact) mass is 266 g/mol. The molecular weight excluding hydrogens is 252 g/mol. The molecule has 1 heterocycles. The van der Waals surface area contributed by atoms with Crippen LogP contribution in [-0.4, -0.2) is 15.7 Å². The summed E-state index contributed by atoms with van der Waals surface area (Å²) < 4.78 is 1.90. The molecule has 0 bridgehead atoms. The molecule has 0 aliphatic carbocycles. The number of para-hydroxylation sites is 1. The zero-order chi connectivity index (χ0) is 13.9. The number of carbonyl (C=O) groups excluding carboxylic acids is 1. The van der Waals surface area contributed by atoms with Gasteiger partial charge in [-0.05, 0) is 17.7 Å². The molecule has 0 atom stereocenters. The molecule has 0 fully saturated rings. The van der Waals surface area contributed by atoms with Gasteiger partial charge in [0.1, 0.15) is 6.54 Å². The number of fused-ring (bicyclic) bond motifs is 1. The third-order valence-electron chi connectivity index (χ3n) is 3.31. The molecule has 20 heavy (non-hydrogen) atoms. The molecule has 4 nitrogen and oxygen atoms in total. The Bertz CT molecular complexity index is 748. The highest BCUT2D eigenvalue weighted by Gasteiger charge is 2.12. The Balaban J connectivity index is 2.20. The number of carbonyl (C=O) groups is 1. The smallest absolute Gasteiger partial charge is 0.263 e. The summed E-state index contributed by atoms with van der Waals surface area (Å²) >= 11 is 0. The summed E-state index contributed by atoms with van der Waals surface area (Å²) in [5.41, 5.74) is 4.65. The van der Waals surface area contributed by atoms with Crippen LogP contribution >= 0.6 is 0 Å². The molecule has 3 aromatic rings. The average Bonchev–Trinajstić information content (AvgIpc) is 2.87. The summed E-state index contributed by atoms with van der Waals surface area (Å²) in [5.74, 6) is -0.441. The van der Waals surface area contributed by atoms with Crippen molar-refractivity contribution >= 4 is 16.8 Å². The molecular formula is C16H14N2O2. The van der Waals surface area contributed by atoms with Crippen molar-refractivity contribution in [2.45, 2.75) is 6.54 Å². The second-order valence-corrected chi connectivity index (χ2v) is 4.58. The lowest BCUT2D eigenvalue weighted by Gasteiger charge is -2.09. The number of hydrogen-bond donors (Lipinski definition) is 2. The van der Waals surface area contributed by atoms with Crippen LogP contribution < -0.4 is 5.48 Å². The lowest BCUT2D eigenvalue weighted by Crippen LogP contribution is -2.24. The number of nitrogens with one attached hydrogen (secondary N) is 1. The highest BCUT2D eigenvalue weighted by molar-refractivity contribution is 5.89. The maximum Gasteiger partial charge on any atom is 0.263 e. The first-order valence-electron chi connectivity index (χ1n) is 6.36. The summed E-state index contributed by atoms with van der Waals surface area (Å²) in [6, 6.07) is 19.8. The van der Waals surface area contributed by atoms with Gasteiger partial charge in [0.25, 0.3) is 5.91 Å². The van der Waals surface area contributed by atoms with Crippen LogP contribution in [-0.2, 0) is 11.3 Å². The summed E-state index contributed by atoms with van der Waals surface area (Å²) in [6.45, 7) is 0.0776. The van der Waals surface area contributed by atoms with Gasteiger partial charge in [0.15, 0.2) is 0 Å². The molecule has 2 aromatic carbocycles. The summed E-state index contributed by atoms with van der Waals surface area (Å²) in [6.07, 6.45) is 0.